The summed E-state index contributed by atoms with van der Waals surface area (Å²) >= 11 is 0. The number of aliphatic hydroxyl groups excluding tert-OH is 1. The number of hydrogen-bond acceptors (Lipinski definition) is 4. The molecule has 218 valence electrons. The van der Waals surface area contributed by atoms with Crippen LogP contribution in [0, 0.1) is 0 Å². The molecule has 0 radical (unpaired) electrons. The minimum Gasteiger partial charge on any atom is -0.513 e. The first-order valence-electron chi connectivity index (χ1n) is 14.5. The summed E-state index contributed by atoms with van der Waals surface area (Å²) in [5.41, 5.74) is 8.48. The zero-order chi connectivity index (χ0) is 31.4. The van der Waals surface area contributed by atoms with Gasteiger partial charge >= 0.3 is 0 Å². The first-order valence-corrected chi connectivity index (χ1v) is 14.5. The molecule has 0 unspecified atom stereocenters. The predicted molar refractivity (Wildman–Crippen MR) is 182 cm³/mol. The fourth-order valence-corrected chi connectivity index (χ4v) is 5.32. The highest BCUT2D eigenvalue weighted by atomic mass is 16.2. The van der Waals surface area contributed by atoms with Gasteiger partial charge in [0.25, 0.3) is 0 Å². The lowest BCUT2D eigenvalue weighted by Crippen LogP contribution is -2.10. The zero-order valence-electron chi connectivity index (χ0n) is 25.2. The normalized spacial score (nSPS) is 19.6. The molecular formula is C40H35NO3. The van der Waals surface area contributed by atoms with Crippen molar-refractivity contribution in [1.82, 2.24) is 5.32 Å². The minimum atomic E-state index is -0.323. The van der Waals surface area contributed by atoms with E-state index in [0.29, 0.717) is 22.4 Å². The predicted octanol–water partition coefficient (Wildman–Crippen LogP) is 9.16. The average Bonchev–Trinajstić information content (AvgIpc) is 3.25. The van der Waals surface area contributed by atoms with Crippen LogP contribution in [0.5, 0.6) is 0 Å². The van der Waals surface area contributed by atoms with Gasteiger partial charge in [0, 0.05) is 17.3 Å². The van der Waals surface area contributed by atoms with Gasteiger partial charge in [0.1, 0.15) is 6.26 Å². The van der Waals surface area contributed by atoms with Gasteiger partial charge in [0.2, 0.25) is 0 Å². The Morgan fingerprint density at radius 3 is 2.05 bits per heavy atom. The molecule has 2 aliphatic rings. The monoisotopic (exact) mass is 577 g/mol. The Bertz CT molecular complexity index is 1820. The number of nitrogens with one attached hydrogen (secondary N) is 1. The Hall–Kier alpha value is -5.48. The van der Waals surface area contributed by atoms with Crippen molar-refractivity contribution in [3.63, 3.8) is 0 Å². The van der Waals surface area contributed by atoms with Crippen LogP contribution < -0.4 is 5.32 Å². The summed E-state index contributed by atoms with van der Waals surface area (Å²) in [6.07, 6.45) is 17.0. The maximum absolute atomic E-state index is 13.6. The Morgan fingerprint density at radius 2 is 1.45 bits per heavy atom. The number of fused-ring (bicyclic) bond motifs is 2. The van der Waals surface area contributed by atoms with Crippen molar-refractivity contribution < 1.29 is 14.7 Å². The van der Waals surface area contributed by atoms with E-state index in [0.717, 1.165) is 39.7 Å². The van der Waals surface area contributed by atoms with Crippen LogP contribution in [0.4, 0.5) is 0 Å². The molecule has 1 aliphatic heterocycles. The fourth-order valence-electron chi connectivity index (χ4n) is 5.32. The minimum absolute atomic E-state index is 0.00447. The van der Waals surface area contributed by atoms with Crippen LogP contribution in [0.1, 0.15) is 74.9 Å². The van der Waals surface area contributed by atoms with E-state index >= 15 is 0 Å². The van der Waals surface area contributed by atoms with Crippen molar-refractivity contribution in [1.29, 1.82) is 0 Å². The maximum Gasteiger partial charge on any atom is 0.197 e. The number of hydrogen-bond donors (Lipinski definition) is 2. The molecule has 1 heterocycles. The van der Waals surface area contributed by atoms with E-state index < -0.39 is 0 Å². The summed E-state index contributed by atoms with van der Waals surface area (Å²) in [6.45, 7) is 14.2. The van der Waals surface area contributed by atoms with Crippen LogP contribution in [-0.4, -0.2) is 16.7 Å². The largest absolute Gasteiger partial charge is 0.513 e. The summed E-state index contributed by atoms with van der Waals surface area (Å²) in [6, 6.07) is 19.9. The standard InChI is InChI=1S/C40H35NO3/c1-6-27-23-35-36(24-28(27)7-2)39(44)37(38(35)43)22-26-11-10-20-41-32(25-42)19-16-29-12-8-9-13-33(29)34(21-26)30-14-17-31(18-15-30)40(3,4)5/h6-25,41-42H,1-2H2,3-5H3/b19-16-,20-10+,26-11+,32-25-,34-21+. The summed E-state index contributed by atoms with van der Waals surface area (Å²) < 4.78 is 0. The molecule has 0 fully saturated rings. The van der Waals surface area contributed by atoms with Gasteiger partial charge < -0.3 is 10.4 Å². The molecule has 0 spiro atoms. The second-order valence-electron chi connectivity index (χ2n) is 11.7. The number of Topliss-reactive ketones (excluding diaryl/α,β-unsaturated/α-hetero) is 2. The molecular weight excluding hydrogens is 542 g/mol. The molecule has 1 aliphatic carbocycles. The van der Waals surface area contributed by atoms with Crippen molar-refractivity contribution in [2.45, 2.75) is 26.2 Å². The SMILES string of the molecule is C=Cc1cc2c(cc1C=C)C(=O)C(=CC1=C/C=C/NC(=C\O)/C=C\c3ccccc3\C(c3ccc(C(C)(C)C)cc3)=C\1)C2=O. The lowest BCUT2D eigenvalue weighted by atomic mass is 9.85. The molecule has 3 aromatic rings. The number of allylic oxidation sites excluding steroid dienone is 7. The number of rotatable bonds is 4. The van der Waals surface area contributed by atoms with E-state index in [2.05, 4.69) is 63.5 Å². The van der Waals surface area contributed by atoms with Gasteiger partial charge in [-0.05, 0) is 86.4 Å². The molecule has 0 aromatic heterocycles. The molecule has 44 heavy (non-hydrogen) atoms. The van der Waals surface area contributed by atoms with Gasteiger partial charge in [-0.15, -0.1) is 0 Å². The quantitative estimate of drug-likeness (QED) is 0.184. The van der Waals surface area contributed by atoms with E-state index in [4.69, 9.17) is 0 Å². The van der Waals surface area contributed by atoms with Crippen molar-refractivity contribution in [2.24, 2.45) is 0 Å². The third-order valence-electron chi connectivity index (χ3n) is 7.79. The third kappa shape index (κ3) is 6.02. The van der Waals surface area contributed by atoms with Crippen LogP contribution >= 0.6 is 0 Å². The first kappa shape index (κ1) is 30.0. The van der Waals surface area contributed by atoms with Crippen LogP contribution in [-0.2, 0) is 5.41 Å². The highest BCUT2D eigenvalue weighted by Crippen LogP contribution is 2.34. The number of ketones is 2. The van der Waals surface area contributed by atoms with Crippen molar-refractivity contribution in [2.75, 3.05) is 0 Å². The maximum atomic E-state index is 13.6. The summed E-state index contributed by atoms with van der Waals surface area (Å²) in [4.78, 5) is 27.2. The lowest BCUT2D eigenvalue weighted by molar-refractivity contribution is 0.0988. The van der Waals surface area contributed by atoms with Gasteiger partial charge in [-0.2, -0.15) is 0 Å². The molecule has 0 atom stereocenters. The Kier molecular flexibility index (Phi) is 8.45. The third-order valence-corrected chi connectivity index (χ3v) is 7.79. The Balaban J connectivity index is 1.72. The van der Waals surface area contributed by atoms with Gasteiger partial charge in [0.15, 0.2) is 11.6 Å². The van der Waals surface area contributed by atoms with Crippen LogP contribution in [0.25, 0.3) is 23.8 Å². The highest BCUT2D eigenvalue weighted by molar-refractivity contribution is 6.39. The number of carbonyl (C=O) groups is 2. The molecule has 5 rings (SSSR count). The summed E-state index contributed by atoms with van der Waals surface area (Å²) in [5.74, 6) is -0.646. The van der Waals surface area contributed by atoms with Crippen molar-refractivity contribution >= 4 is 35.4 Å². The van der Waals surface area contributed by atoms with E-state index in [9.17, 15) is 14.7 Å². The van der Waals surface area contributed by atoms with E-state index in [1.807, 2.05) is 42.5 Å². The average molecular weight is 578 g/mol. The smallest absolute Gasteiger partial charge is 0.197 e. The van der Waals surface area contributed by atoms with Crippen molar-refractivity contribution in [3.8, 4) is 0 Å². The summed E-state index contributed by atoms with van der Waals surface area (Å²) in [5, 5.41) is 12.9. The molecule has 4 nitrogen and oxygen atoms in total. The molecule has 0 saturated heterocycles. The lowest BCUT2D eigenvalue weighted by Gasteiger charge is -2.20. The van der Waals surface area contributed by atoms with E-state index in [-0.39, 0.29) is 22.6 Å². The van der Waals surface area contributed by atoms with E-state index in [1.54, 1.807) is 48.7 Å². The number of carbonyl (C=O) groups excluding carboxylic acids is 2. The van der Waals surface area contributed by atoms with Gasteiger partial charge in [-0.25, -0.2) is 0 Å². The fraction of sp³-hybridized carbons (Fsp3) is 0.100. The van der Waals surface area contributed by atoms with Gasteiger partial charge in [0.05, 0.1) is 11.3 Å². The zero-order valence-corrected chi connectivity index (χ0v) is 25.2. The second kappa shape index (κ2) is 12.4. The van der Waals surface area contributed by atoms with Crippen LogP contribution in [0.15, 0.2) is 134 Å². The van der Waals surface area contributed by atoms with Crippen LogP contribution in [0.2, 0.25) is 0 Å². The molecule has 4 heteroatoms. The molecule has 0 amide bonds. The Morgan fingerprint density at radius 1 is 0.818 bits per heavy atom. The Labute approximate surface area is 259 Å². The van der Waals surface area contributed by atoms with E-state index in [1.165, 1.54) is 5.56 Å². The first-order chi connectivity index (χ1) is 21.1. The highest BCUT2D eigenvalue weighted by Gasteiger charge is 2.34. The molecule has 0 bridgehead atoms. The van der Waals surface area contributed by atoms with Gasteiger partial charge in [-0.1, -0.05) is 107 Å². The molecule has 0 saturated carbocycles. The van der Waals surface area contributed by atoms with Crippen LogP contribution in [0.3, 0.4) is 0 Å². The molecule has 3 aromatic carbocycles. The second-order valence-corrected chi connectivity index (χ2v) is 11.7. The summed E-state index contributed by atoms with van der Waals surface area (Å²) in [7, 11) is 0. The molecule has 2 N–H and O–H groups in total. The topological polar surface area (TPSA) is 66.4 Å². The number of aliphatic hydroxyl groups is 1. The van der Waals surface area contributed by atoms with Crippen molar-refractivity contribution in [3.05, 3.63) is 178 Å². The van der Waals surface area contributed by atoms with Gasteiger partial charge in [-0.3, -0.25) is 9.59 Å². The number of benzene rings is 3.